The first-order valence-electron chi connectivity index (χ1n) is 7.83. The fraction of sp³-hybridized carbons (Fsp3) is 0.222. The SMILES string of the molecule is O=C(NCCCc1cccs1)c1ccn(COc2ccccc2)n1. The molecule has 0 aliphatic heterocycles. The van der Waals surface area contributed by atoms with E-state index < -0.39 is 0 Å². The van der Waals surface area contributed by atoms with Crippen LogP contribution in [0.5, 0.6) is 5.75 Å². The summed E-state index contributed by atoms with van der Waals surface area (Å²) < 4.78 is 7.20. The van der Waals surface area contributed by atoms with E-state index in [4.69, 9.17) is 4.74 Å². The van der Waals surface area contributed by atoms with E-state index in [0.717, 1.165) is 18.6 Å². The lowest BCUT2D eigenvalue weighted by Crippen LogP contribution is -2.25. The topological polar surface area (TPSA) is 56.2 Å². The molecule has 1 amide bonds. The molecule has 0 spiro atoms. The van der Waals surface area contributed by atoms with Gasteiger partial charge in [-0.05, 0) is 42.5 Å². The summed E-state index contributed by atoms with van der Waals surface area (Å²) in [6, 6.07) is 15.4. The van der Waals surface area contributed by atoms with Crippen molar-refractivity contribution >= 4 is 17.2 Å². The Kier molecular flexibility index (Phi) is 5.63. The van der Waals surface area contributed by atoms with Crippen LogP contribution in [0.4, 0.5) is 0 Å². The standard InChI is InChI=1S/C18H19N3O2S/c22-18(19-11-4-8-16-9-5-13-24-16)17-10-12-21(20-17)14-23-15-6-2-1-3-7-15/h1-3,5-7,9-10,12-13H,4,8,11,14H2,(H,19,22). The fourth-order valence-electron chi connectivity index (χ4n) is 2.22. The lowest BCUT2D eigenvalue weighted by molar-refractivity contribution is 0.0946. The monoisotopic (exact) mass is 341 g/mol. The van der Waals surface area contributed by atoms with Gasteiger partial charge in [-0.3, -0.25) is 4.79 Å². The highest BCUT2D eigenvalue weighted by molar-refractivity contribution is 7.09. The molecule has 0 aliphatic rings. The third kappa shape index (κ3) is 4.70. The molecule has 0 atom stereocenters. The van der Waals surface area contributed by atoms with Crippen molar-refractivity contribution < 1.29 is 9.53 Å². The summed E-state index contributed by atoms with van der Waals surface area (Å²) in [5, 5.41) is 9.20. The fourth-order valence-corrected chi connectivity index (χ4v) is 2.97. The van der Waals surface area contributed by atoms with Crippen LogP contribution in [0, 0.1) is 0 Å². The van der Waals surface area contributed by atoms with Gasteiger partial charge in [0.1, 0.15) is 11.4 Å². The lowest BCUT2D eigenvalue weighted by atomic mass is 10.2. The zero-order valence-electron chi connectivity index (χ0n) is 13.2. The average Bonchev–Trinajstić information content (AvgIpc) is 3.29. The average molecular weight is 341 g/mol. The molecule has 0 saturated carbocycles. The van der Waals surface area contributed by atoms with Gasteiger partial charge in [-0.2, -0.15) is 5.10 Å². The Morgan fingerprint density at radius 3 is 2.83 bits per heavy atom. The van der Waals surface area contributed by atoms with Gasteiger partial charge in [0.15, 0.2) is 6.73 Å². The number of rotatable bonds is 8. The second-order valence-corrected chi connectivity index (χ2v) is 6.30. The van der Waals surface area contributed by atoms with Gasteiger partial charge in [0.2, 0.25) is 0 Å². The Balaban J connectivity index is 1.41. The van der Waals surface area contributed by atoms with Gasteiger partial charge in [0.05, 0.1) is 0 Å². The molecule has 5 nitrogen and oxygen atoms in total. The van der Waals surface area contributed by atoms with Crippen LogP contribution in [-0.2, 0) is 13.2 Å². The lowest BCUT2D eigenvalue weighted by Gasteiger charge is -2.05. The molecule has 0 fully saturated rings. The number of nitrogens with zero attached hydrogens (tertiary/aromatic N) is 2. The third-order valence-corrected chi connectivity index (χ3v) is 4.38. The van der Waals surface area contributed by atoms with Crippen molar-refractivity contribution in [2.75, 3.05) is 6.54 Å². The first-order valence-corrected chi connectivity index (χ1v) is 8.71. The molecule has 124 valence electrons. The Labute approximate surface area is 144 Å². The predicted molar refractivity (Wildman–Crippen MR) is 94.3 cm³/mol. The summed E-state index contributed by atoms with van der Waals surface area (Å²) in [6.45, 7) is 0.916. The normalized spacial score (nSPS) is 10.5. The van der Waals surface area contributed by atoms with E-state index in [1.165, 1.54) is 4.88 Å². The summed E-state index contributed by atoms with van der Waals surface area (Å²) in [6.07, 6.45) is 3.64. The number of aryl methyl sites for hydroxylation is 1. The molecule has 3 rings (SSSR count). The molecular weight excluding hydrogens is 322 g/mol. The van der Waals surface area contributed by atoms with Crippen molar-refractivity contribution in [2.45, 2.75) is 19.6 Å². The van der Waals surface area contributed by atoms with Gasteiger partial charge in [-0.1, -0.05) is 24.3 Å². The molecule has 2 heterocycles. The number of benzene rings is 1. The first kappa shape index (κ1) is 16.3. The number of carbonyl (C=O) groups excluding carboxylic acids is 1. The van der Waals surface area contributed by atoms with Gasteiger partial charge in [-0.15, -0.1) is 11.3 Å². The van der Waals surface area contributed by atoms with Gasteiger partial charge >= 0.3 is 0 Å². The highest BCUT2D eigenvalue weighted by Gasteiger charge is 2.09. The smallest absolute Gasteiger partial charge is 0.271 e. The van der Waals surface area contributed by atoms with E-state index in [1.807, 2.05) is 36.4 Å². The van der Waals surface area contributed by atoms with Gasteiger partial charge in [0, 0.05) is 17.6 Å². The summed E-state index contributed by atoms with van der Waals surface area (Å²) in [7, 11) is 0. The Morgan fingerprint density at radius 2 is 2.04 bits per heavy atom. The molecule has 24 heavy (non-hydrogen) atoms. The van der Waals surface area contributed by atoms with E-state index in [2.05, 4.69) is 21.9 Å². The summed E-state index contributed by atoms with van der Waals surface area (Å²) >= 11 is 1.74. The second-order valence-electron chi connectivity index (χ2n) is 5.27. The maximum Gasteiger partial charge on any atom is 0.271 e. The number of hydrogen-bond acceptors (Lipinski definition) is 4. The quantitative estimate of drug-likeness (QED) is 0.639. The molecule has 1 aromatic carbocycles. The minimum Gasteiger partial charge on any atom is -0.471 e. The second kappa shape index (κ2) is 8.31. The van der Waals surface area contributed by atoms with E-state index >= 15 is 0 Å². The molecule has 2 aromatic heterocycles. The number of carbonyl (C=O) groups is 1. The number of amides is 1. The van der Waals surface area contributed by atoms with E-state index in [-0.39, 0.29) is 12.6 Å². The van der Waals surface area contributed by atoms with Crippen LogP contribution >= 0.6 is 11.3 Å². The molecule has 0 radical (unpaired) electrons. The van der Waals surface area contributed by atoms with Crippen molar-refractivity contribution in [2.24, 2.45) is 0 Å². The van der Waals surface area contributed by atoms with Gasteiger partial charge in [-0.25, -0.2) is 4.68 Å². The maximum atomic E-state index is 12.1. The van der Waals surface area contributed by atoms with Crippen molar-refractivity contribution in [3.63, 3.8) is 0 Å². The molecule has 0 aliphatic carbocycles. The van der Waals surface area contributed by atoms with Crippen LogP contribution in [0.1, 0.15) is 21.8 Å². The zero-order valence-corrected chi connectivity index (χ0v) is 14.0. The number of thiophene rings is 1. The molecule has 0 saturated heterocycles. The largest absolute Gasteiger partial charge is 0.471 e. The maximum absolute atomic E-state index is 12.1. The minimum atomic E-state index is -0.153. The van der Waals surface area contributed by atoms with E-state index in [1.54, 1.807) is 28.3 Å². The molecule has 0 unspecified atom stereocenters. The molecule has 1 N–H and O–H groups in total. The van der Waals surface area contributed by atoms with Crippen LogP contribution in [-0.4, -0.2) is 22.2 Å². The first-order chi connectivity index (χ1) is 11.8. The number of aromatic nitrogens is 2. The van der Waals surface area contributed by atoms with E-state index in [0.29, 0.717) is 12.2 Å². The van der Waals surface area contributed by atoms with Crippen molar-refractivity contribution in [1.29, 1.82) is 0 Å². The molecular formula is C18H19N3O2S. The molecule has 0 bridgehead atoms. The van der Waals surface area contributed by atoms with E-state index in [9.17, 15) is 4.79 Å². The highest BCUT2D eigenvalue weighted by atomic mass is 32.1. The Hall–Kier alpha value is -2.60. The minimum absolute atomic E-state index is 0.153. The van der Waals surface area contributed by atoms with Crippen LogP contribution in [0.2, 0.25) is 0 Å². The number of ether oxygens (including phenoxy) is 1. The van der Waals surface area contributed by atoms with Crippen molar-refractivity contribution in [1.82, 2.24) is 15.1 Å². The zero-order chi connectivity index (χ0) is 16.6. The van der Waals surface area contributed by atoms with Crippen molar-refractivity contribution in [3.05, 3.63) is 70.7 Å². The molecule has 6 heteroatoms. The van der Waals surface area contributed by atoms with Crippen LogP contribution in [0.25, 0.3) is 0 Å². The highest BCUT2D eigenvalue weighted by Crippen LogP contribution is 2.10. The Bertz CT molecular complexity index is 754. The summed E-state index contributed by atoms with van der Waals surface area (Å²) in [5.41, 5.74) is 0.405. The van der Waals surface area contributed by atoms with Gasteiger partial charge in [0.25, 0.3) is 5.91 Å². The van der Waals surface area contributed by atoms with Crippen LogP contribution in [0.3, 0.4) is 0 Å². The predicted octanol–water partition coefficient (Wildman–Crippen LogP) is 3.34. The molecule has 3 aromatic rings. The summed E-state index contributed by atoms with van der Waals surface area (Å²) in [4.78, 5) is 13.4. The number of para-hydroxylation sites is 1. The van der Waals surface area contributed by atoms with Crippen LogP contribution in [0.15, 0.2) is 60.1 Å². The third-order valence-electron chi connectivity index (χ3n) is 3.45. The van der Waals surface area contributed by atoms with Gasteiger partial charge < -0.3 is 10.1 Å². The van der Waals surface area contributed by atoms with Crippen molar-refractivity contribution in [3.8, 4) is 5.75 Å². The number of nitrogens with one attached hydrogen (secondary N) is 1. The van der Waals surface area contributed by atoms with Crippen LogP contribution < -0.4 is 10.1 Å². The number of hydrogen-bond donors (Lipinski definition) is 1. The summed E-state index contributed by atoms with van der Waals surface area (Å²) in [5.74, 6) is 0.618. The Morgan fingerprint density at radius 1 is 1.17 bits per heavy atom.